The van der Waals surface area contributed by atoms with Crippen molar-refractivity contribution in [3.63, 3.8) is 0 Å². The molecule has 1 aromatic carbocycles. The van der Waals surface area contributed by atoms with Crippen molar-refractivity contribution in [1.29, 1.82) is 0 Å². The van der Waals surface area contributed by atoms with Gasteiger partial charge in [-0.05, 0) is 24.6 Å². The lowest BCUT2D eigenvalue weighted by Crippen LogP contribution is -2.86. The molecule has 0 amide bonds. The topological polar surface area (TPSA) is 55.3 Å². The standard InChI is InChI=1S/C13H21NO3/c1-3-14-8-12(15)10-17-9-11-4-6-13(16-2)7-5-11/h4-7,12,14-15H,3,8-10H2,1-2H3/p+1/t12-/m0/s1. The quantitative estimate of drug-likeness (QED) is 0.680. The van der Waals surface area contributed by atoms with E-state index in [2.05, 4.69) is 12.2 Å². The first-order chi connectivity index (χ1) is 8.26. The lowest BCUT2D eigenvalue weighted by Gasteiger charge is -2.10. The SMILES string of the molecule is CC[NH2+]C[C@H](O)COCc1ccc(OC)cc1. The van der Waals surface area contributed by atoms with Gasteiger partial charge in [0.15, 0.2) is 0 Å². The molecule has 0 saturated carbocycles. The van der Waals surface area contributed by atoms with E-state index in [1.165, 1.54) is 0 Å². The van der Waals surface area contributed by atoms with Crippen LogP contribution in [0.25, 0.3) is 0 Å². The van der Waals surface area contributed by atoms with Crippen LogP contribution in [-0.4, -0.2) is 38.0 Å². The van der Waals surface area contributed by atoms with E-state index in [0.29, 0.717) is 19.8 Å². The van der Waals surface area contributed by atoms with Crippen LogP contribution >= 0.6 is 0 Å². The molecule has 96 valence electrons. The molecule has 0 bridgehead atoms. The van der Waals surface area contributed by atoms with Gasteiger partial charge < -0.3 is 19.9 Å². The van der Waals surface area contributed by atoms with Gasteiger partial charge in [0.2, 0.25) is 0 Å². The molecule has 0 saturated heterocycles. The first kappa shape index (κ1) is 14.0. The van der Waals surface area contributed by atoms with Gasteiger partial charge in [0.25, 0.3) is 0 Å². The zero-order valence-electron chi connectivity index (χ0n) is 10.6. The molecule has 4 heteroatoms. The highest BCUT2D eigenvalue weighted by Crippen LogP contribution is 2.11. The molecule has 1 rings (SSSR count). The Bertz CT molecular complexity index is 300. The minimum atomic E-state index is -0.395. The van der Waals surface area contributed by atoms with Crippen molar-refractivity contribution in [1.82, 2.24) is 0 Å². The predicted octanol–water partition coefficient (Wildman–Crippen LogP) is 0.156. The first-order valence-electron chi connectivity index (χ1n) is 5.96. The maximum atomic E-state index is 9.56. The molecule has 0 aliphatic rings. The van der Waals surface area contributed by atoms with Gasteiger partial charge in [-0.2, -0.15) is 0 Å². The zero-order valence-corrected chi connectivity index (χ0v) is 10.6. The van der Waals surface area contributed by atoms with Gasteiger partial charge in [0.05, 0.1) is 26.9 Å². The van der Waals surface area contributed by atoms with Crippen LogP contribution < -0.4 is 10.1 Å². The molecule has 1 atom stereocenters. The Morgan fingerprint density at radius 2 is 2.00 bits per heavy atom. The monoisotopic (exact) mass is 240 g/mol. The van der Waals surface area contributed by atoms with Crippen LogP contribution in [0.2, 0.25) is 0 Å². The van der Waals surface area contributed by atoms with Crippen LogP contribution in [0.5, 0.6) is 5.75 Å². The molecule has 0 radical (unpaired) electrons. The summed E-state index contributed by atoms with van der Waals surface area (Å²) in [6, 6.07) is 7.73. The fourth-order valence-corrected chi connectivity index (χ4v) is 1.46. The van der Waals surface area contributed by atoms with Gasteiger partial charge in [-0.25, -0.2) is 0 Å². The largest absolute Gasteiger partial charge is 0.497 e. The van der Waals surface area contributed by atoms with E-state index in [0.717, 1.165) is 17.9 Å². The Hall–Kier alpha value is -1.10. The fourth-order valence-electron chi connectivity index (χ4n) is 1.46. The predicted molar refractivity (Wildman–Crippen MR) is 66.0 cm³/mol. The average molecular weight is 240 g/mol. The van der Waals surface area contributed by atoms with Gasteiger partial charge in [-0.15, -0.1) is 0 Å². The number of hydrogen-bond donors (Lipinski definition) is 2. The van der Waals surface area contributed by atoms with Crippen molar-refractivity contribution in [3.8, 4) is 5.75 Å². The van der Waals surface area contributed by atoms with Crippen LogP contribution in [0.15, 0.2) is 24.3 Å². The van der Waals surface area contributed by atoms with E-state index in [4.69, 9.17) is 9.47 Å². The molecule has 0 spiro atoms. The van der Waals surface area contributed by atoms with Crippen molar-refractivity contribution < 1.29 is 19.9 Å². The molecule has 0 aromatic heterocycles. The number of ether oxygens (including phenoxy) is 2. The number of quaternary nitrogens is 1. The second-order valence-electron chi connectivity index (χ2n) is 3.95. The second-order valence-corrected chi connectivity index (χ2v) is 3.95. The molecule has 4 nitrogen and oxygen atoms in total. The summed E-state index contributed by atoms with van der Waals surface area (Å²) in [5.41, 5.74) is 1.08. The molecular weight excluding hydrogens is 218 g/mol. The van der Waals surface area contributed by atoms with E-state index in [1.807, 2.05) is 24.3 Å². The normalized spacial score (nSPS) is 12.4. The molecule has 0 heterocycles. The Kier molecular flexibility index (Phi) is 6.62. The maximum absolute atomic E-state index is 9.56. The molecule has 3 N–H and O–H groups in total. The van der Waals surface area contributed by atoms with Gasteiger partial charge in [-0.1, -0.05) is 12.1 Å². The van der Waals surface area contributed by atoms with Crippen LogP contribution in [0, 0.1) is 0 Å². The Balaban J connectivity index is 2.21. The molecule has 17 heavy (non-hydrogen) atoms. The summed E-state index contributed by atoms with van der Waals surface area (Å²) in [7, 11) is 1.64. The minimum absolute atomic E-state index is 0.378. The Labute approximate surface area is 103 Å². The number of likely N-dealkylation sites (N-methyl/N-ethyl adjacent to an activating group) is 1. The van der Waals surface area contributed by atoms with E-state index in [9.17, 15) is 5.11 Å². The Morgan fingerprint density at radius 3 is 2.59 bits per heavy atom. The lowest BCUT2D eigenvalue weighted by atomic mass is 10.2. The number of hydrogen-bond acceptors (Lipinski definition) is 3. The number of aliphatic hydroxyl groups is 1. The summed E-state index contributed by atoms with van der Waals surface area (Å²) in [5, 5.41) is 11.6. The van der Waals surface area contributed by atoms with E-state index in [-0.39, 0.29) is 0 Å². The number of aliphatic hydroxyl groups excluding tert-OH is 1. The van der Waals surface area contributed by atoms with Gasteiger partial charge in [0, 0.05) is 0 Å². The number of nitrogens with two attached hydrogens (primary N) is 1. The maximum Gasteiger partial charge on any atom is 0.126 e. The molecule has 0 aliphatic heterocycles. The van der Waals surface area contributed by atoms with Gasteiger partial charge in [0.1, 0.15) is 18.4 Å². The third-order valence-electron chi connectivity index (χ3n) is 2.47. The summed E-state index contributed by atoms with van der Waals surface area (Å²) in [6.45, 7) is 4.63. The minimum Gasteiger partial charge on any atom is -0.497 e. The molecule has 0 fully saturated rings. The lowest BCUT2D eigenvalue weighted by molar-refractivity contribution is -0.658. The van der Waals surface area contributed by atoms with Crippen LogP contribution in [0.3, 0.4) is 0 Å². The van der Waals surface area contributed by atoms with Crippen LogP contribution in [0.1, 0.15) is 12.5 Å². The summed E-state index contributed by atoms with van der Waals surface area (Å²) < 4.78 is 10.5. The fraction of sp³-hybridized carbons (Fsp3) is 0.538. The summed E-state index contributed by atoms with van der Waals surface area (Å²) in [6.07, 6.45) is -0.395. The van der Waals surface area contributed by atoms with Crippen molar-refractivity contribution in [2.75, 3.05) is 26.8 Å². The first-order valence-corrected chi connectivity index (χ1v) is 5.96. The molecule has 1 aromatic rings. The van der Waals surface area contributed by atoms with E-state index in [1.54, 1.807) is 7.11 Å². The van der Waals surface area contributed by atoms with Crippen molar-refractivity contribution in [2.24, 2.45) is 0 Å². The smallest absolute Gasteiger partial charge is 0.126 e. The van der Waals surface area contributed by atoms with Gasteiger partial charge >= 0.3 is 0 Å². The van der Waals surface area contributed by atoms with Crippen molar-refractivity contribution in [3.05, 3.63) is 29.8 Å². The number of rotatable bonds is 8. The third kappa shape index (κ3) is 5.68. The highest BCUT2D eigenvalue weighted by Gasteiger charge is 2.05. The summed E-state index contributed by atoms with van der Waals surface area (Å²) >= 11 is 0. The second kappa shape index (κ2) is 8.06. The number of benzene rings is 1. The van der Waals surface area contributed by atoms with Crippen LogP contribution in [-0.2, 0) is 11.3 Å². The highest BCUT2D eigenvalue weighted by molar-refractivity contribution is 5.26. The summed E-state index contributed by atoms with van der Waals surface area (Å²) in [4.78, 5) is 0. The van der Waals surface area contributed by atoms with E-state index >= 15 is 0 Å². The van der Waals surface area contributed by atoms with Gasteiger partial charge in [-0.3, -0.25) is 0 Å². The van der Waals surface area contributed by atoms with E-state index < -0.39 is 6.10 Å². The third-order valence-corrected chi connectivity index (χ3v) is 2.47. The zero-order chi connectivity index (χ0) is 12.5. The van der Waals surface area contributed by atoms with Crippen molar-refractivity contribution in [2.45, 2.75) is 19.6 Å². The van der Waals surface area contributed by atoms with Crippen LogP contribution in [0.4, 0.5) is 0 Å². The molecule has 0 unspecified atom stereocenters. The molecular formula is C13H22NO3+. The average Bonchev–Trinajstić information content (AvgIpc) is 2.37. The number of methoxy groups -OCH3 is 1. The highest BCUT2D eigenvalue weighted by atomic mass is 16.5. The summed E-state index contributed by atoms with van der Waals surface area (Å²) in [5.74, 6) is 0.839. The van der Waals surface area contributed by atoms with Crippen molar-refractivity contribution >= 4 is 0 Å². The Morgan fingerprint density at radius 1 is 1.29 bits per heavy atom. The molecule has 0 aliphatic carbocycles.